The van der Waals surface area contributed by atoms with E-state index in [0.29, 0.717) is 5.69 Å². The zero-order chi connectivity index (χ0) is 13.9. The lowest BCUT2D eigenvalue weighted by molar-refractivity contribution is 0.438. The van der Waals surface area contributed by atoms with Gasteiger partial charge in [-0.2, -0.15) is 17.4 Å². The second-order valence-electron chi connectivity index (χ2n) is 4.76. The summed E-state index contributed by atoms with van der Waals surface area (Å²) in [6, 6.07) is 6.97. The van der Waals surface area contributed by atoms with Crippen molar-refractivity contribution in [3.8, 4) is 0 Å². The molecule has 0 amide bonds. The van der Waals surface area contributed by atoms with Gasteiger partial charge in [0.25, 0.3) is 10.2 Å². The summed E-state index contributed by atoms with van der Waals surface area (Å²) in [5, 5.41) is 0. The lowest BCUT2D eigenvalue weighted by Crippen LogP contribution is -2.40. The molecular weight excluding hydrogens is 250 g/mol. The number of hydrogen-bond acceptors (Lipinski definition) is 3. The fraction of sp³-hybridized carbons (Fsp3) is 0.500. The molecule has 5 nitrogen and oxygen atoms in total. The second-order valence-corrected chi connectivity index (χ2v) is 6.67. The zero-order valence-electron chi connectivity index (χ0n) is 11.2. The van der Waals surface area contributed by atoms with Gasteiger partial charge in [0.05, 0.1) is 6.04 Å². The van der Waals surface area contributed by atoms with Crippen LogP contribution in [0.3, 0.4) is 0 Å². The molecule has 0 aliphatic heterocycles. The molecule has 1 rings (SSSR count). The summed E-state index contributed by atoms with van der Waals surface area (Å²) < 4.78 is 27.6. The summed E-state index contributed by atoms with van der Waals surface area (Å²) in [6.45, 7) is 3.91. The molecule has 0 saturated carbocycles. The Kier molecular flexibility index (Phi) is 4.72. The Hall–Kier alpha value is -1.11. The molecule has 0 radical (unpaired) electrons. The molecule has 6 heteroatoms. The highest BCUT2D eigenvalue weighted by atomic mass is 32.2. The average molecular weight is 271 g/mol. The second kappa shape index (κ2) is 5.69. The van der Waals surface area contributed by atoms with Crippen LogP contribution in [0, 0.1) is 5.92 Å². The van der Waals surface area contributed by atoms with Crippen molar-refractivity contribution >= 4 is 15.9 Å². The molecule has 0 aliphatic rings. The topological polar surface area (TPSA) is 75.4 Å². The Morgan fingerprint density at radius 2 is 1.78 bits per heavy atom. The smallest absolute Gasteiger partial charge is 0.279 e. The van der Waals surface area contributed by atoms with Crippen LogP contribution in [-0.4, -0.2) is 26.8 Å². The highest BCUT2D eigenvalue weighted by Crippen LogP contribution is 2.27. The number of rotatable bonds is 5. The minimum atomic E-state index is -3.48. The number of hydrogen-bond donors (Lipinski definition) is 2. The molecule has 3 N–H and O–H groups in total. The highest BCUT2D eigenvalue weighted by molar-refractivity contribution is 7.87. The van der Waals surface area contributed by atoms with Gasteiger partial charge in [0, 0.05) is 19.8 Å². The maximum absolute atomic E-state index is 11.9. The lowest BCUT2D eigenvalue weighted by atomic mass is 9.96. The minimum absolute atomic E-state index is 0.101. The predicted octanol–water partition coefficient (Wildman–Crippen LogP) is 1.36. The number of nitrogens with two attached hydrogens (primary N) is 1. The maximum Gasteiger partial charge on any atom is 0.279 e. The molecule has 0 spiro atoms. The van der Waals surface area contributed by atoms with Crippen LogP contribution < -0.4 is 10.5 Å². The first-order valence-corrected chi connectivity index (χ1v) is 7.24. The van der Waals surface area contributed by atoms with Crippen molar-refractivity contribution < 1.29 is 8.42 Å². The first-order chi connectivity index (χ1) is 8.25. The molecule has 1 aromatic carbocycles. The van der Waals surface area contributed by atoms with Crippen LogP contribution >= 0.6 is 0 Å². The Morgan fingerprint density at radius 3 is 2.22 bits per heavy atom. The van der Waals surface area contributed by atoms with Gasteiger partial charge >= 0.3 is 0 Å². The Balaban J connectivity index is 3.10. The molecule has 0 saturated heterocycles. The van der Waals surface area contributed by atoms with Gasteiger partial charge in [-0.05, 0) is 17.5 Å². The van der Waals surface area contributed by atoms with Gasteiger partial charge in [0.15, 0.2) is 0 Å². The third-order valence-corrected chi connectivity index (χ3v) is 4.27. The van der Waals surface area contributed by atoms with Crippen LogP contribution in [0.1, 0.15) is 25.5 Å². The van der Waals surface area contributed by atoms with Crippen LogP contribution in [0.15, 0.2) is 24.3 Å². The molecule has 0 unspecified atom stereocenters. The van der Waals surface area contributed by atoms with Crippen molar-refractivity contribution in [2.75, 3.05) is 19.8 Å². The van der Waals surface area contributed by atoms with Crippen molar-refractivity contribution in [1.82, 2.24) is 9.03 Å². The SMILES string of the molecule is CC(C)[C@@H](NS(=O)(=O)N(C)C)c1ccccc1N. The van der Waals surface area contributed by atoms with E-state index in [2.05, 4.69) is 4.72 Å². The quantitative estimate of drug-likeness (QED) is 0.794. The van der Waals surface area contributed by atoms with Crippen LogP contribution in [0.2, 0.25) is 0 Å². The standard InChI is InChI=1S/C12H21N3O2S/c1-9(2)12(14-18(16,17)15(3)4)10-7-5-6-8-11(10)13/h5-9,12,14H,13H2,1-4H3/t12-/m1/s1. The first-order valence-electron chi connectivity index (χ1n) is 5.80. The number of nitrogens with one attached hydrogen (secondary N) is 1. The van der Waals surface area contributed by atoms with E-state index in [0.717, 1.165) is 9.87 Å². The molecule has 1 aromatic rings. The third kappa shape index (κ3) is 3.44. The first kappa shape index (κ1) is 14.9. The van der Waals surface area contributed by atoms with Crippen LogP contribution in [0.5, 0.6) is 0 Å². The molecule has 0 aromatic heterocycles. The molecular formula is C12H21N3O2S. The third-order valence-electron chi connectivity index (χ3n) is 2.75. The normalized spacial score (nSPS) is 14.1. The van der Waals surface area contributed by atoms with Gasteiger partial charge < -0.3 is 5.73 Å². The van der Waals surface area contributed by atoms with E-state index < -0.39 is 10.2 Å². The number of benzene rings is 1. The minimum Gasteiger partial charge on any atom is -0.398 e. The van der Waals surface area contributed by atoms with Crippen LogP contribution in [0.4, 0.5) is 5.69 Å². The number of para-hydroxylation sites is 1. The van der Waals surface area contributed by atoms with Gasteiger partial charge in [-0.25, -0.2) is 0 Å². The van der Waals surface area contributed by atoms with E-state index in [1.807, 2.05) is 32.0 Å². The predicted molar refractivity (Wildman–Crippen MR) is 74.2 cm³/mol. The van der Waals surface area contributed by atoms with Gasteiger partial charge in [-0.15, -0.1) is 0 Å². The van der Waals surface area contributed by atoms with E-state index in [1.54, 1.807) is 6.07 Å². The highest BCUT2D eigenvalue weighted by Gasteiger charge is 2.25. The molecule has 1 atom stereocenters. The summed E-state index contributed by atoms with van der Waals surface area (Å²) in [4.78, 5) is 0. The summed E-state index contributed by atoms with van der Waals surface area (Å²) >= 11 is 0. The van der Waals surface area contributed by atoms with E-state index in [1.165, 1.54) is 14.1 Å². The van der Waals surface area contributed by atoms with Gasteiger partial charge in [0.2, 0.25) is 0 Å². The number of nitrogens with zero attached hydrogens (tertiary/aromatic N) is 1. The fourth-order valence-corrected chi connectivity index (χ4v) is 2.55. The summed E-state index contributed by atoms with van der Waals surface area (Å²) in [5.41, 5.74) is 7.30. The van der Waals surface area contributed by atoms with Gasteiger partial charge in [0.1, 0.15) is 0 Å². The van der Waals surface area contributed by atoms with Gasteiger partial charge in [-0.3, -0.25) is 0 Å². The number of nitrogen functional groups attached to an aromatic ring is 1. The van der Waals surface area contributed by atoms with Crippen molar-refractivity contribution in [1.29, 1.82) is 0 Å². The summed E-state index contributed by atoms with van der Waals surface area (Å²) in [5.74, 6) is 0.101. The van der Waals surface area contributed by atoms with E-state index in [4.69, 9.17) is 5.73 Å². The molecule has 0 heterocycles. The lowest BCUT2D eigenvalue weighted by Gasteiger charge is -2.25. The van der Waals surface area contributed by atoms with Gasteiger partial charge in [-0.1, -0.05) is 32.0 Å². The molecule has 102 valence electrons. The largest absolute Gasteiger partial charge is 0.398 e. The average Bonchev–Trinajstić information content (AvgIpc) is 2.26. The van der Waals surface area contributed by atoms with E-state index in [-0.39, 0.29) is 12.0 Å². The maximum atomic E-state index is 11.9. The van der Waals surface area contributed by atoms with Crippen LogP contribution in [-0.2, 0) is 10.2 Å². The molecule has 0 aliphatic carbocycles. The van der Waals surface area contributed by atoms with Crippen molar-refractivity contribution in [2.45, 2.75) is 19.9 Å². The summed E-state index contributed by atoms with van der Waals surface area (Å²) in [7, 11) is -0.491. The van der Waals surface area contributed by atoms with E-state index >= 15 is 0 Å². The van der Waals surface area contributed by atoms with Crippen molar-refractivity contribution in [3.05, 3.63) is 29.8 Å². The summed E-state index contributed by atoms with van der Waals surface area (Å²) in [6.07, 6.45) is 0. The Morgan fingerprint density at radius 1 is 1.22 bits per heavy atom. The fourth-order valence-electron chi connectivity index (χ4n) is 1.62. The van der Waals surface area contributed by atoms with Crippen molar-refractivity contribution in [2.24, 2.45) is 5.92 Å². The molecule has 18 heavy (non-hydrogen) atoms. The van der Waals surface area contributed by atoms with Crippen LogP contribution in [0.25, 0.3) is 0 Å². The zero-order valence-corrected chi connectivity index (χ0v) is 12.0. The van der Waals surface area contributed by atoms with Crippen molar-refractivity contribution in [3.63, 3.8) is 0 Å². The monoisotopic (exact) mass is 271 g/mol. The Labute approximate surface area is 109 Å². The Bertz CT molecular complexity index is 498. The number of anilines is 1. The van der Waals surface area contributed by atoms with E-state index in [9.17, 15) is 8.42 Å². The molecule has 0 bridgehead atoms. The molecule has 0 fully saturated rings.